The first-order valence-corrected chi connectivity index (χ1v) is 7.42. The zero-order valence-corrected chi connectivity index (χ0v) is 12.5. The van der Waals surface area contributed by atoms with Gasteiger partial charge in [0.2, 0.25) is 0 Å². The summed E-state index contributed by atoms with van der Waals surface area (Å²) in [6, 6.07) is 4.17. The van der Waals surface area contributed by atoms with Crippen LogP contribution in [-0.2, 0) is 0 Å². The lowest BCUT2D eigenvalue weighted by Gasteiger charge is -2.15. The SMILES string of the molecule is Cc1nc(N[C@@H](C)c2cccnc2)c2c(C)csc2n1. The van der Waals surface area contributed by atoms with E-state index in [9.17, 15) is 0 Å². The minimum absolute atomic E-state index is 0.153. The summed E-state index contributed by atoms with van der Waals surface area (Å²) in [6.07, 6.45) is 3.66. The van der Waals surface area contributed by atoms with Crippen molar-refractivity contribution in [3.63, 3.8) is 0 Å². The molecule has 0 amide bonds. The molecule has 3 heterocycles. The lowest BCUT2D eigenvalue weighted by atomic mass is 10.1. The summed E-state index contributed by atoms with van der Waals surface area (Å²) in [4.78, 5) is 14.3. The molecule has 0 aliphatic carbocycles. The number of thiophene rings is 1. The van der Waals surface area contributed by atoms with E-state index in [2.05, 4.69) is 45.6 Å². The van der Waals surface area contributed by atoms with Gasteiger partial charge in [0.15, 0.2) is 0 Å². The molecule has 3 aromatic heterocycles. The Morgan fingerprint density at radius 1 is 1.25 bits per heavy atom. The number of nitrogens with zero attached hydrogens (tertiary/aromatic N) is 3. The van der Waals surface area contributed by atoms with Crippen LogP contribution in [0.25, 0.3) is 10.2 Å². The van der Waals surface area contributed by atoms with E-state index in [0.29, 0.717) is 0 Å². The Labute approximate surface area is 121 Å². The number of aromatic nitrogens is 3. The van der Waals surface area contributed by atoms with E-state index in [4.69, 9.17) is 0 Å². The van der Waals surface area contributed by atoms with Crippen LogP contribution in [-0.4, -0.2) is 15.0 Å². The van der Waals surface area contributed by atoms with Crippen LogP contribution in [0.2, 0.25) is 0 Å². The van der Waals surface area contributed by atoms with Crippen molar-refractivity contribution in [3.05, 3.63) is 46.9 Å². The third-order valence-electron chi connectivity index (χ3n) is 3.27. The van der Waals surface area contributed by atoms with E-state index in [-0.39, 0.29) is 6.04 Å². The summed E-state index contributed by atoms with van der Waals surface area (Å²) in [5.74, 6) is 1.70. The highest BCUT2D eigenvalue weighted by molar-refractivity contribution is 7.17. The van der Waals surface area contributed by atoms with Gasteiger partial charge in [-0.15, -0.1) is 11.3 Å². The van der Waals surface area contributed by atoms with E-state index in [1.807, 2.05) is 19.2 Å². The van der Waals surface area contributed by atoms with Gasteiger partial charge in [-0.25, -0.2) is 9.97 Å². The smallest absolute Gasteiger partial charge is 0.139 e. The zero-order valence-electron chi connectivity index (χ0n) is 11.7. The Bertz CT molecular complexity index is 736. The van der Waals surface area contributed by atoms with Crippen LogP contribution in [0.3, 0.4) is 0 Å². The first kappa shape index (κ1) is 13.0. The molecule has 20 heavy (non-hydrogen) atoms. The second-order valence-electron chi connectivity index (χ2n) is 4.87. The number of pyridine rings is 1. The first-order valence-electron chi connectivity index (χ1n) is 6.54. The minimum atomic E-state index is 0.153. The number of rotatable bonds is 3. The number of aryl methyl sites for hydroxylation is 2. The molecule has 0 saturated heterocycles. The standard InChI is InChI=1S/C15H16N4S/c1-9-8-20-15-13(9)14(18-11(3)19-15)17-10(2)12-5-4-6-16-7-12/h4-8,10H,1-3H3,(H,17,18,19)/t10-/m0/s1. The van der Waals surface area contributed by atoms with Crippen LogP contribution in [0.15, 0.2) is 29.9 Å². The Morgan fingerprint density at radius 2 is 2.10 bits per heavy atom. The Balaban J connectivity index is 2.00. The van der Waals surface area contributed by atoms with Crippen molar-refractivity contribution in [1.82, 2.24) is 15.0 Å². The van der Waals surface area contributed by atoms with Crippen LogP contribution < -0.4 is 5.32 Å². The molecular weight excluding hydrogens is 268 g/mol. The third-order valence-corrected chi connectivity index (χ3v) is 4.26. The molecule has 0 aliphatic rings. The molecule has 0 aromatic carbocycles. The number of fused-ring (bicyclic) bond motifs is 1. The maximum absolute atomic E-state index is 4.56. The van der Waals surface area contributed by atoms with Crippen molar-refractivity contribution in [2.45, 2.75) is 26.8 Å². The number of anilines is 1. The van der Waals surface area contributed by atoms with Gasteiger partial charge in [0, 0.05) is 12.4 Å². The maximum atomic E-state index is 4.56. The molecule has 0 saturated carbocycles. The highest BCUT2D eigenvalue weighted by Crippen LogP contribution is 2.31. The molecule has 0 unspecified atom stereocenters. The van der Waals surface area contributed by atoms with Gasteiger partial charge in [0.1, 0.15) is 16.5 Å². The third kappa shape index (κ3) is 2.36. The second-order valence-corrected chi connectivity index (χ2v) is 5.73. The molecule has 5 heteroatoms. The van der Waals surface area contributed by atoms with Gasteiger partial charge in [-0.05, 0) is 43.3 Å². The number of hydrogen-bond acceptors (Lipinski definition) is 5. The molecule has 0 bridgehead atoms. The van der Waals surface area contributed by atoms with Gasteiger partial charge >= 0.3 is 0 Å². The Kier molecular flexibility index (Phi) is 3.36. The van der Waals surface area contributed by atoms with E-state index in [0.717, 1.165) is 27.4 Å². The van der Waals surface area contributed by atoms with Crippen LogP contribution in [0.4, 0.5) is 5.82 Å². The van der Waals surface area contributed by atoms with E-state index in [1.54, 1.807) is 17.5 Å². The molecule has 3 aromatic rings. The summed E-state index contributed by atoms with van der Waals surface area (Å²) in [5, 5.41) is 6.73. The van der Waals surface area contributed by atoms with E-state index < -0.39 is 0 Å². The fourth-order valence-electron chi connectivity index (χ4n) is 2.22. The summed E-state index contributed by atoms with van der Waals surface area (Å²) in [5.41, 5.74) is 2.36. The molecule has 0 radical (unpaired) electrons. The fraction of sp³-hybridized carbons (Fsp3) is 0.267. The van der Waals surface area contributed by atoms with Crippen molar-refractivity contribution in [2.75, 3.05) is 5.32 Å². The topological polar surface area (TPSA) is 50.7 Å². The van der Waals surface area contributed by atoms with Gasteiger partial charge in [-0.3, -0.25) is 4.98 Å². The average Bonchev–Trinajstić information content (AvgIpc) is 2.81. The molecule has 0 aliphatic heterocycles. The zero-order chi connectivity index (χ0) is 14.1. The Morgan fingerprint density at radius 3 is 2.85 bits per heavy atom. The van der Waals surface area contributed by atoms with Crippen molar-refractivity contribution in [2.24, 2.45) is 0 Å². The number of hydrogen-bond donors (Lipinski definition) is 1. The molecule has 0 spiro atoms. The van der Waals surface area contributed by atoms with Gasteiger partial charge in [-0.1, -0.05) is 6.07 Å². The van der Waals surface area contributed by atoms with Gasteiger partial charge in [0.05, 0.1) is 11.4 Å². The molecule has 1 N–H and O–H groups in total. The predicted molar refractivity (Wildman–Crippen MR) is 83.2 cm³/mol. The average molecular weight is 284 g/mol. The van der Waals surface area contributed by atoms with Crippen LogP contribution in [0, 0.1) is 13.8 Å². The molecular formula is C15H16N4S. The molecule has 1 atom stereocenters. The molecule has 102 valence electrons. The van der Waals surface area contributed by atoms with Crippen molar-refractivity contribution >= 4 is 27.4 Å². The normalized spacial score (nSPS) is 12.6. The van der Waals surface area contributed by atoms with Crippen molar-refractivity contribution in [3.8, 4) is 0 Å². The van der Waals surface area contributed by atoms with E-state index >= 15 is 0 Å². The maximum Gasteiger partial charge on any atom is 0.139 e. The summed E-state index contributed by atoms with van der Waals surface area (Å²) in [7, 11) is 0. The second kappa shape index (κ2) is 5.17. The molecule has 0 fully saturated rings. The summed E-state index contributed by atoms with van der Waals surface area (Å²) < 4.78 is 0. The van der Waals surface area contributed by atoms with Crippen molar-refractivity contribution in [1.29, 1.82) is 0 Å². The number of nitrogens with one attached hydrogen (secondary N) is 1. The van der Waals surface area contributed by atoms with Crippen LogP contribution in [0.1, 0.15) is 29.9 Å². The lowest BCUT2D eigenvalue weighted by Crippen LogP contribution is -2.09. The lowest BCUT2D eigenvalue weighted by molar-refractivity contribution is 0.864. The fourth-order valence-corrected chi connectivity index (χ4v) is 3.18. The van der Waals surface area contributed by atoms with Crippen LogP contribution in [0.5, 0.6) is 0 Å². The molecule has 4 nitrogen and oxygen atoms in total. The quantitative estimate of drug-likeness (QED) is 0.793. The monoisotopic (exact) mass is 284 g/mol. The first-order chi connectivity index (χ1) is 9.65. The van der Waals surface area contributed by atoms with Crippen molar-refractivity contribution < 1.29 is 0 Å². The summed E-state index contributed by atoms with van der Waals surface area (Å²) >= 11 is 1.66. The summed E-state index contributed by atoms with van der Waals surface area (Å²) in [6.45, 7) is 6.13. The van der Waals surface area contributed by atoms with Gasteiger partial charge in [0.25, 0.3) is 0 Å². The van der Waals surface area contributed by atoms with E-state index in [1.165, 1.54) is 5.56 Å². The highest BCUT2D eigenvalue weighted by Gasteiger charge is 2.13. The van der Waals surface area contributed by atoms with Gasteiger partial charge in [-0.2, -0.15) is 0 Å². The van der Waals surface area contributed by atoms with Crippen LogP contribution >= 0.6 is 11.3 Å². The highest BCUT2D eigenvalue weighted by atomic mass is 32.1. The largest absolute Gasteiger partial charge is 0.363 e. The molecule has 3 rings (SSSR count). The minimum Gasteiger partial charge on any atom is -0.363 e. The predicted octanol–water partition coefficient (Wildman–Crippen LogP) is 3.88. The van der Waals surface area contributed by atoms with Gasteiger partial charge < -0.3 is 5.32 Å². The Hall–Kier alpha value is -2.01.